The average molecular weight is 307 g/mol. The van der Waals surface area contributed by atoms with Crippen LogP contribution in [0.25, 0.3) is 11.4 Å². The molecule has 3 rings (SSSR count). The molecule has 1 aromatic heterocycles. The minimum absolute atomic E-state index is 0.219. The van der Waals surface area contributed by atoms with Crippen LogP contribution in [0.1, 0.15) is 31.7 Å². The highest BCUT2D eigenvalue weighted by Gasteiger charge is 2.30. The summed E-state index contributed by atoms with van der Waals surface area (Å²) in [6, 6.07) is 7.10. The number of thioether (sulfide) groups is 1. The lowest BCUT2D eigenvalue weighted by molar-refractivity contribution is 0.287. The van der Waals surface area contributed by atoms with Crippen molar-refractivity contribution in [1.82, 2.24) is 14.8 Å². The second-order valence-electron chi connectivity index (χ2n) is 5.17. The first-order chi connectivity index (χ1) is 10.3. The predicted molar refractivity (Wildman–Crippen MR) is 80.7 cm³/mol. The van der Waals surface area contributed by atoms with Gasteiger partial charge in [-0.3, -0.25) is 4.57 Å². The zero-order valence-corrected chi connectivity index (χ0v) is 12.5. The number of unbranched alkanes of at least 4 members (excludes halogenated alkanes) is 1. The molecule has 1 saturated carbocycles. The highest BCUT2D eigenvalue weighted by Crippen LogP contribution is 2.41. The zero-order chi connectivity index (χ0) is 14.7. The van der Waals surface area contributed by atoms with E-state index in [1.54, 1.807) is 23.9 Å². The minimum atomic E-state index is -0.261. The summed E-state index contributed by atoms with van der Waals surface area (Å²) < 4.78 is 16.1. The van der Waals surface area contributed by atoms with E-state index in [2.05, 4.69) is 14.8 Å². The molecule has 0 bridgehead atoms. The van der Waals surface area contributed by atoms with Gasteiger partial charge in [0, 0.05) is 18.4 Å². The molecule has 0 radical (unpaired) electrons. The van der Waals surface area contributed by atoms with E-state index in [4.69, 9.17) is 5.11 Å². The van der Waals surface area contributed by atoms with Crippen molar-refractivity contribution in [3.05, 3.63) is 30.1 Å². The maximum absolute atomic E-state index is 14.0. The Balaban J connectivity index is 1.85. The third-order valence-electron chi connectivity index (χ3n) is 3.47. The van der Waals surface area contributed by atoms with Gasteiger partial charge in [0.15, 0.2) is 11.0 Å². The van der Waals surface area contributed by atoms with Crippen LogP contribution >= 0.6 is 11.8 Å². The van der Waals surface area contributed by atoms with E-state index in [0.29, 0.717) is 17.4 Å². The van der Waals surface area contributed by atoms with Gasteiger partial charge in [-0.1, -0.05) is 23.9 Å². The van der Waals surface area contributed by atoms with Crippen molar-refractivity contribution in [3.63, 3.8) is 0 Å². The van der Waals surface area contributed by atoms with Gasteiger partial charge < -0.3 is 5.11 Å². The molecule has 21 heavy (non-hydrogen) atoms. The molecule has 1 aliphatic carbocycles. The smallest absolute Gasteiger partial charge is 0.191 e. The summed E-state index contributed by atoms with van der Waals surface area (Å²) in [5.41, 5.74) is 0.513. The fraction of sp³-hybridized carbons (Fsp3) is 0.467. The summed E-state index contributed by atoms with van der Waals surface area (Å²) in [5.74, 6) is 1.26. The molecule has 0 amide bonds. The summed E-state index contributed by atoms with van der Waals surface area (Å²) in [5, 5.41) is 18.1. The Bertz CT molecular complexity index is 613. The van der Waals surface area contributed by atoms with E-state index >= 15 is 0 Å². The number of hydrogen-bond acceptors (Lipinski definition) is 4. The average Bonchev–Trinajstić information content (AvgIpc) is 3.25. The number of aliphatic hydroxyl groups is 1. The van der Waals surface area contributed by atoms with Crippen LogP contribution in [-0.2, 0) is 0 Å². The van der Waals surface area contributed by atoms with Crippen LogP contribution in [0.3, 0.4) is 0 Å². The van der Waals surface area contributed by atoms with Crippen molar-refractivity contribution in [2.75, 3.05) is 12.4 Å². The van der Waals surface area contributed by atoms with Crippen LogP contribution in [0.5, 0.6) is 0 Å². The third kappa shape index (κ3) is 3.27. The number of rotatable bonds is 7. The lowest BCUT2D eigenvalue weighted by atomic mass is 10.2. The number of nitrogens with zero attached hydrogens (tertiary/aromatic N) is 3. The Morgan fingerprint density at radius 1 is 1.24 bits per heavy atom. The van der Waals surface area contributed by atoms with Gasteiger partial charge in [-0.15, -0.1) is 10.2 Å². The molecule has 1 N–H and O–H groups in total. The first-order valence-corrected chi connectivity index (χ1v) is 8.23. The maximum atomic E-state index is 14.0. The van der Waals surface area contributed by atoms with Gasteiger partial charge >= 0.3 is 0 Å². The van der Waals surface area contributed by atoms with Crippen molar-refractivity contribution < 1.29 is 9.50 Å². The highest BCUT2D eigenvalue weighted by molar-refractivity contribution is 7.99. The van der Waals surface area contributed by atoms with Gasteiger partial charge in [0.25, 0.3) is 0 Å². The van der Waals surface area contributed by atoms with Gasteiger partial charge in [0.2, 0.25) is 0 Å². The van der Waals surface area contributed by atoms with E-state index in [1.807, 2.05) is 6.07 Å². The molecule has 112 valence electrons. The summed E-state index contributed by atoms with van der Waals surface area (Å²) in [7, 11) is 0. The van der Waals surface area contributed by atoms with Crippen LogP contribution in [0.15, 0.2) is 29.4 Å². The summed E-state index contributed by atoms with van der Waals surface area (Å²) in [4.78, 5) is 0. The summed E-state index contributed by atoms with van der Waals surface area (Å²) in [6.07, 6.45) is 3.94. The molecular formula is C15H18FN3OS. The molecule has 1 aromatic carbocycles. The molecule has 4 nitrogen and oxygen atoms in total. The van der Waals surface area contributed by atoms with Gasteiger partial charge in [0.1, 0.15) is 5.82 Å². The van der Waals surface area contributed by atoms with Crippen molar-refractivity contribution in [2.24, 2.45) is 0 Å². The van der Waals surface area contributed by atoms with E-state index in [0.717, 1.165) is 36.6 Å². The monoisotopic (exact) mass is 307 g/mol. The standard InChI is InChI=1S/C15H18FN3OS/c16-13-6-2-1-5-12(13)14-17-18-15(19(14)11-7-8-11)21-10-4-3-9-20/h1-2,5-6,11,20H,3-4,7-10H2. The quantitative estimate of drug-likeness (QED) is 0.630. The molecule has 0 spiro atoms. The Morgan fingerprint density at radius 2 is 2.05 bits per heavy atom. The van der Waals surface area contributed by atoms with E-state index in [-0.39, 0.29) is 12.4 Å². The molecule has 0 unspecified atom stereocenters. The fourth-order valence-electron chi connectivity index (χ4n) is 2.24. The second kappa shape index (κ2) is 6.58. The SMILES string of the molecule is OCCCCSc1nnc(-c2ccccc2F)n1C1CC1. The molecular weight excluding hydrogens is 289 g/mol. The van der Waals surface area contributed by atoms with Crippen LogP contribution in [0.4, 0.5) is 4.39 Å². The molecule has 6 heteroatoms. The fourth-order valence-corrected chi connectivity index (χ4v) is 3.25. The number of hydrogen-bond donors (Lipinski definition) is 1. The summed E-state index contributed by atoms with van der Waals surface area (Å²) >= 11 is 1.63. The molecule has 1 fully saturated rings. The molecule has 0 saturated heterocycles. The lowest BCUT2D eigenvalue weighted by Crippen LogP contribution is -2.01. The minimum Gasteiger partial charge on any atom is -0.396 e. The van der Waals surface area contributed by atoms with Crippen LogP contribution < -0.4 is 0 Å². The number of benzene rings is 1. The molecule has 0 aliphatic heterocycles. The largest absolute Gasteiger partial charge is 0.396 e. The van der Waals surface area contributed by atoms with Crippen LogP contribution in [-0.4, -0.2) is 32.2 Å². The Kier molecular flexibility index (Phi) is 4.55. The molecule has 1 heterocycles. The van der Waals surface area contributed by atoms with Crippen LogP contribution in [0, 0.1) is 5.82 Å². The number of aliphatic hydroxyl groups excluding tert-OH is 1. The normalized spacial score (nSPS) is 14.6. The lowest BCUT2D eigenvalue weighted by Gasteiger charge is -2.09. The van der Waals surface area contributed by atoms with Crippen LogP contribution in [0.2, 0.25) is 0 Å². The first-order valence-electron chi connectivity index (χ1n) is 7.24. The third-order valence-corrected chi connectivity index (χ3v) is 4.50. The van der Waals surface area contributed by atoms with Crippen molar-refractivity contribution >= 4 is 11.8 Å². The van der Waals surface area contributed by atoms with Gasteiger partial charge in [-0.05, 0) is 37.8 Å². The Labute approximate surface area is 127 Å². The molecule has 0 atom stereocenters. The van der Waals surface area contributed by atoms with E-state index in [1.165, 1.54) is 6.07 Å². The van der Waals surface area contributed by atoms with Crippen molar-refractivity contribution in [1.29, 1.82) is 0 Å². The zero-order valence-electron chi connectivity index (χ0n) is 11.7. The van der Waals surface area contributed by atoms with Crippen molar-refractivity contribution in [2.45, 2.75) is 36.9 Å². The van der Waals surface area contributed by atoms with Gasteiger partial charge in [-0.25, -0.2) is 4.39 Å². The number of halogens is 1. The summed E-state index contributed by atoms with van der Waals surface area (Å²) in [6.45, 7) is 0.219. The topological polar surface area (TPSA) is 50.9 Å². The van der Waals surface area contributed by atoms with Crippen molar-refractivity contribution in [3.8, 4) is 11.4 Å². The molecule has 2 aromatic rings. The Hall–Kier alpha value is -1.40. The second-order valence-corrected chi connectivity index (χ2v) is 6.23. The van der Waals surface area contributed by atoms with E-state index < -0.39 is 0 Å². The maximum Gasteiger partial charge on any atom is 0.191 e. The Morgan fingerprint density at radius 3 is 2.76 bits per heavy atom. The number of aromatic nitrogens is 3. The van der Waals surface area contributed by atoms with E-state index in [9.17, 15) is 4.39 Å². The predicted octanol–water partition coefficient (Wildman–Crippen LogP) is 3.28. The first kappa shape index (κ1) is 14.5. The molecule has 1 aliphatic rings. The van der Waals surface area contributed by atoms with Gasteiger partial charge in [-0.2, -0.15) is 0 Å². The van der Waals surface area contributed by atoms with Gasteiger partial charge in [0.05, 0.1) is 5.56 Å². The highest BCUT2D eigenvalue weighted by atomic mass is 32.2.